The number of hydrogen-bond donors (Lipinski definition) is 1. The van der Waals surface area contributed by atoms with E-state index in [1.807, 2.05) is 6.07 Å². The van der Waals surface area contributed by atoms with Gasteiger partial charge in [0.1, 0.15) is 6.07 Å². The minimum atomic E-state index is -0.271. The van der Waals surface area contributed by atoms with Crippen LogP contribution in [-0.4, -0.2) is 9.97 Å². The highest BCUT2D eigenvalue weighted by atomic mass is 35.5. The van der Waals surface area contributed by atoms with Gasteiger partial charge >= 0.3 is 0 Å². The number of H-pyrrole nitrogens is 1. The molecule has 0 bridgehead atoms. The average Bonchev–Trinajstić information content (AvgIpc) is 2.52. The lowest BCUT2D eigenvalue weighted by Gasteiger charge is -2.02. The number of nitrogens with one attached hydrogen (secondary N) is 1. The molecule has 0 atom stereocenters. The fraction of sp³-hybridized carbons (Fsp3) is 0. The molecular weight excluding hydrogens is 298 g/mol. The highest BCUT2D eigenvalue weighted by Crippen LogP contribution is 2.18. The van der Waals surface area contributed by atoms with Crippen molar-refractivity contribution in [2.24, 2.45) is 0 Å². The summed E-state index contributed by atoms with van der Waals surface area (Å²) in [6, 6.07) is 16.2. The largest absolute Gasteiger partial charge is 0.305 e. The fourth-order valence-electron chi connectivity index (χ4n) is 2.13. The lowest BCUT2D eigenvalue weighted by atomic mass is 10.1. The predicted molar refractivity (Wildman–Crippen MR) is 87.3 cm³/mol. The summed E-state index contributed by atoms with van der Waals surface area (Å²) in [5.41, 5.74) is 1.31. The topological polar surface area (TPSA) is 69.5 Å². The minimum Gasteiger partial charge on any atom is -0.305 e. The molecule has 3 rings (SSSR count). The Balaban J connectivity index is 2.16. The molecule has 106 valence electrons. The molecule has 1 N–H and O–H groups in total. The lowest BCUT2D eigenvalue weighted by molar-refractivity contribution is 1.13. The number of nitrogens with zero attached hydrogens (tertiary/aromatic N) is 2. The second-order valence-corrected chi connectivity index (χ2v) is 5.09. The van der Waals surface area contributed by atoms with Crippen molar-refractivity contribution >= 4 is 34.2 Å². The van der Waals surface area contributed by atoms with Gasteiger partial charge < -0.3 is 4.98 Å². The second-order valence-electron chi connectivity index (χ2n) is 4.66. The summed E-state index contributed by atoms with van der Waals surface area (Å²) >= 11 is 5.94. The van der Waals surface area contributed by atoms with E-state index in [4.69, 9.17) is 11.6 Å². The van der Waals surface area contributed by atoms with Gasteiger partial charge in [0.2, 0.25) is 0 Å². The molecule has 0 aliphatic heterocycles. The van der Waals surface area contributed by atoms with Crippen LogP contribution in [0.1, 0.15) is 11.4 Å². The smallest absolute Gasteiger partial charge is 0.259 e. The van der Waals surface area contributed by atoms with Gasteiger partial charge in [-0.15, -0.1) is 0 Å². The maximum atomic E-state index is 12.1. The van der Waals surface area contributed by atoms with E-state index in [-0.39, 0.29) is 17.0 Å². The van der Waals surface area contributed by atoms with Gasteiger partial charge in [-0.3, -0.25) is 4.79 Å². The highest BCUT2D eigenvalue weighted by molar-refractivity contribution is 6.30. The summed E-state index contributed by atoms with van der Waals surface area (Å²) in [4.78, 5) is 19.1. The number of fused-ring (bicyclic) bond motifs is 1. The number of allylic oxidation sites excluding steroid dienone is 1. The molecule has 0 fully saturated rings. The van der Waals surface area contributed by atoms with E-state index in [1.54, 1.807) is 48.5 Å². The molecule has 3 aromatic rings. The summed E-state index contributed by atoms with van der Waals surface area (Å²) in [7, 11) is 0. The van der Waals surface area contributed by atoms with E-state index in [2.05, 4.69) is 16.0 Å². The molecule has 22 heavy (non-hydrogen) atoms. The first kappa shape index (κ1) is 14.1. The third-order valence-electron chi connectivity index (χ3n) is 3.15. The van der Waals surface area contributed by atoms with Gasteiger partial charge in [-0.1, -0.05) is 35.9 Å². The Kier molecular flexibility index (Phi) is 3.73. The Morgan fingerprint density at radius 1 is 1.23 bits per heavy atom. The van der Waals surface area contributed by atoms with E-state index in [0.717, 1.165) is 5.56 Å². The Morgan fingerprint density at radius 3 is 2.82 bits per heavy atom. The van der Waals surface area contributed by atoms with Gasteiger partial charge in [0, 0.05) is 5.02 Å². The molecular formula is C17H10ClN3O. The molecule has 4 nitrogen and oxygen atoms in total. The van der Waals surface area contributed by atoms with E-state index < -0.39 is 0 Å². The molecule has 0 saturated heterocycles. The van der Waals surface area contributed by atoms with Crippen molar-refractivity contribution in [3.8, 4) is 6.07 Å². The maximum absolute atomic E-state index is 12.1. The Labute approximate surface area is 131 Å². The van der Waals surface area contributed by atoms with Crippen LogP contribution in [-0.2, 0) is 0 Å². The maximum Gasteiger partial charge on any atom is 0.259 e. The van der Waals surface area contributed by atoms with Crippen LogP contribution in [0.15, 0.2) is 53.3 Å². The zero-order valence-corrected chi connectivity index (χ0v) is 12.1. The molecule has 0 amide bonds. The predicted octanol–water partition coefficient (Wildman–Crippen LogP) is 3.64. The Hall–Kier alpha value is -2.90. The second kappa shape index (κ2) is 5.84. The van der Waals surface area contributed by atoms with Crippen molar-refractivity contribution < 1.29 is 0 Å². The van der Waals surface area contributed by atoms with Crippen LogP contribution in [0.5, 0.6) is 0 Å². The number of rotatable bonds is 2. The van der Waals surface area contributed by atoms with Crippen LogP contribution < -0.4 is 5.56 Å². The van der Waals surface area contributed by atoms with Crippen LogP contribution in [0, 0.1) is 11.3 Å². The summed E-state index contributed by atoms with van der Waals surface area (Å²) < 4.78 is 0. The molecule has 0 aliphatic carbocycles. The number of nitriles is 1. The zero-order valence-electron chi connectivity index (χ0n) is 11.4. The van der Waals surface area contributed by atoms with Crippen molar-refractivity contribution in [3.63, 3.8) is 0 Å². The van der Waals surface area contributed by atoms with Crippen molar-refractivity contribution in [1.82, 2.24) is 9.97 Å². The van der Waals surface area contributed by atoms with E-state index >= 15 is 0 Å². The molecule has 0 spiro atoms. The third kappa shape index (κ3) is 2.76. The van der Waals surface area contributed by atoms with Crippen LogP contribution in [0.25, 0.3) is 22.6 Å². The number of para-hydroxylation sites is 1. The van der Waals surface area contributed by atoms with Gasteiger partial charge in [0.15, 0.2) is 5.82 Å². The minimum absolute atomic E-state index is 0.242. The van der Waals surface area contributed by atoms with Gasteiger partial charge in [0.05, 0.1) is 16.5 Å². The first-order chi connectivity index (χ1) is 10.7. The Bertz CT molecular complexity index is 983. The van der Waals surface area contributed by atoms with Crippen LogP contribution >= 0.6 is 11.6 Å². The Morgan fingerprint density at radius 2 is 2.05 bits per heavy atom. The first-order valence-electron chi connectivity index (χ1n) is 6.54. The lowest BCUT2D eigenvalue weighted by Crippen LogP contribution is -2.11. The monoisotopic (exact) mass is 307 g/mol. The number of benzene rings is 2. The standard InChI is InChI=1S/C17H10ClN3O/c18-13-5-3-4-11(9-13)8-12(10-19)16-20-15-7-2-1-6-14(15)17(22)21-16/h1-9H,(H,20,21,22). The first-order valence-corrected chi connectivity index (χ1v) is 6.92. The molecule has 5 heteroatoms. The van der Waals surface area contributed by atoms with Gasteiger partial charge in [0.25, 0.3) is 5.56 Å². The highest BCUT2D eigenvalue weighted by Gasteiger charge is 2.08. The van der Waals surface area contributed by atoms with Crippen molar-refractivity contribution in [1.29, 1.82) is 5.26 Å². The van der Waals surface area contributed by atoms with E-state index in [1.165, 1.54) is 0 Å². The number of hydrogen-bond acceptors (Lipinski definition) is 3. The van der Waals surface area contributed by atoms with Gasteiger partial charge in [-0.25, -0.2) is 4.98 Å². The van der Waals surface area contributed by atoms with E-state index in [9.17, 15) is 10.1 Å². The third-order valence-corrected chi connectivity index (χ3v) is 3.38. The fourth-order valence-corrected chi connectivity index (χ4v) is 2.33. The molecule has 1 aromatic heterocycles. The molecule has 2 aromatic carbocycles. The summed E-state index contributed by atoms with van der Waals surface area (Å²) in [5, 5.41) is 10.4. The van der Waals surface area contributed by atoms with E-state index in [0.29, 0.717) is 15.9 Å². The van der Waals surface area contributed by atoms with Crippen molar-refractivity contribution in [2.45, 2.75) is 0 Å². The summed E-state index contributed by atoms with van der Waals surface area (Å²) in [6.45, 7) is 0. The van der Waals surface area contributed by atoms with Crippen LogP contribution in [0.2, 0.25) is 5.02 Å². The number of aromatic amines is 1. The summed E-state index contributed by atoms with van der Waals surface area (Å²) in [6.07, 6.45) is 1.64. The molecule has 0 unspecified atom stereocenters. The van der Waals surface area contributed by atoms with Crippen LogP contribution in [0.3, 0.4) is 0 Å². The SMILES string of the molecule is N#CC(=Cc1cccc(Cl)c1)c1nc2ccccc2c(=O)[nH]1. The molecule has 1 heterocycles. The zero-order chi connectivity index (χ0) is 15.5. The van der Waals surface area contributed by atoms with Crippen molar-refractivity contribution in [2.75, 3.05) is 0 Å². The summed E-state index contributed by atoms with van der Waals surface area (Å²) in [5.74, 6) is 0.242. The number of halogens is 1. The molecule has 0 aliphatic rings. The quantitative estimate of drug-likeness (QED) is 0.735. The van der Waals surface area contributed by atoms with Crippen LogP contribution in [0.4, 0.5) is 0 Å². The normalized spacial score (nSPS) is 11.4. The number of aromatic nitrogens is 2. The molecule has 0 radical (unpaired) electrons. The van der Waals surface area contributed by atoms with Gasteiger partial charge in [-0.05, 0) is 35.9 Å². The molecule has 0 saturated carbocycles. The van der Waals surface area contributed by atoms with Crippen molar-refractivity contribution in [3.05, 3.63) is 75.3 Å². The van der Waals surface area contributed by atoms with Gasteiger partial charge in [-0.2, -0.15) is 5.26 Å². The average molecular weight is 308 g/mol.